The third-order valence-corrected chi connectivity index (χ3v) is 5.70. The maximum absolute atomic E-state index is 3.46. The molecule has 1 nitrogen and oxygen atoms in total. The Morgan fingerprint density at radius 2 is 1.75 bits per heavy atom. The van der Waals surface area contributed by atoms with Gasteiger partial charge in [0.2, 0.25) is 0 Å². The molecule has 1 fully saturated rings. The molecule has 0 heterocycles. The average molecular weight is 292 g/mol. The van der Waals surface area contributed by atoms with Crippen molar-refractivity contribution in [2.45, 2.75) is 69.1 Å². The van der Waals surface area contributed by atoms with E-state index >= 15 is 0 Å². The molecular formula is C18H29NS. The van der Waals surface area contributed by atoms with E-state index in [1.165, 1.54) is 49.0 Å². The smallest absolute Gasteiger partial charge is 0.0205 e. The molecule has 0 saturated heterocycles. The lowest BCUT2D eigenvalue weighted by Gasteiger charge is -2.27. The molecule has 112 valence electrons. The summed E-state index contributed by atoms with van der Waals surface area (Å²) < 4.78 is 0. The molecule has 1 aliphatic rings. The van der Waals surface area contributed by atoms with Crippen molar-refractivity contribution in [1.29, 1.82) is 0 Å². The third kappa shape index (κ3) is 5.14. The van der Waals surface area contributed by atoms with Gasteiger partial charge in [-0.1, -0.05) is 32.4 Å². The van der Waals surface area contributed by atoms with Crippen LogP contribution >= 0.6 is 11.8 Å². The molecule has 0 spiro atoms. The molecule has 1 saturated carbocycles. The van der Waals surface area contributed by atoms with E-state index in [1.807, 2.05) is 0 Å². The van der Waals surface area contributed by atoms with E-state index in [2.05, 4.69) is 55.2 Å². The van der Waals surface area contributed by atoms with Gasteiger partial charge in [0.1, 0.15) is 0 Å². The van der Waals surface area contributed by atoms with Crippen LogP contribution in [0.15, 0.2) is 29.2 Å². The molecule has 0 unspecified atom stereocenters. The minimum Gasteiger partial charge on any atom is -0.313 e. The Kier molecular flexibility index (Phi) is 6.95. The number of rotatable bonds is 7. The SMILES string of the molecule is CCCNCc1ccc(SC2CCC(CC)CC2)cc1. The predicted molar refractivity (Wildman–Crippen MR) is 90.3 cm³/mol. The van der Waals surface area contributed by atoms with Crippen molar-refractivity contribution in [3.8, 4) is 0 Å². The van der Waals surface area contributed by atoms with Crippen molar-refractivity contribution < 1.29 is 0 Å². The molecule has 1 N–H and O–H groups in total. The summed E-state index contributed by atoms with van der Waals surface area (Å²) in [5.41, 5.74) is 1.40. The highest BCUT2D eigenvalue weighted by molar-refractivity contribution is 8.00. The van der Waals surface area contributed by atoms with Gasteiger partial charge in [-0.3, -0.25) is 0 Å². The highest BCUT2D eigenvalue weighted by atomic mass is 32.2. The largest absolute Gasteiger partial charge is 0.313 e. The second-order valence-electron chi connectivity index (χ2n) is 5.99. The van der Waals surface area contributed by atoms with Crippen LogP contribution < -0.4 is 5.32 Å². The van der Waals surface area contributed by atoms with E-state index in [1.54, 1.807) is 0 Å². The van der Waals surface area contributed by atoms with Gasteiger partial charge in [-0.05, 0) is 62.3 Å². The lowest BCUT2D eigenvalue weighted by molar-refractivity contribution is 0.356. The summed E-state index contributed by atoms with van der Waals surface area (Å²) >= 11 is 2.09. The lowest BCUT2D eigenvalue weighted by Crippen LogP contribution is -2.15. The van der Waals surface area contributed by atoms with Gasteiger partial charge >= 0.3 is 0 Å². The lowest BCUT2D eigenvalue weighted by atomic mass is 9.87. The van der Waals surface area contributed by atoms with Gasteiger partial charge in [0.15, 0.2) is 0 Å². The van der Waals surface area contributed by atoms with Crippen molar-refractivity contribution in [3.05, 3.63) is 29.8 Å². The molecule has 0 bridgehead atoms. The average Bonchev–Trinajstić information content (AvgIpc) is 2.50. The molecule has 1 aromatic rings. The van der Waals surface area contributed by atoms with E-state index in [4.69, 9.17) is 0 Å². The molecule has 2 rings (SSSR count). The van der Waals surface area contributed by atoms with E-state index in [0.29, 0.717) is 0 Å². The van der Waals surface area contributed by atoms with Gasteiger partial charge in [0, 0.05) is 16.7 Å². The van der Waals surface area contributed by atoms with Gasteiger partial charge in [0.05, 0.1) is 0 Å². The molecule has 1 aliphatic carbocycles. The summed E-state index contributed by atoms with van der Waals surface area (Å²) in [5, 5.41) is 4.31. The fraction of sp³-hybridized carbons (Fsp3) is 0.667. The Hall–Kier alpha value is -0.470. The van der Waals surface area contributed by atoms with Crippen LogP contribution in [0.5, 0.6) is 0 Å². The first-order valence-corrected chi connectivity index (χ1v) is 9.16. The van der Waals surface area contributed by atoms with Crippen molar-refractivity contribution in [1.82, 2.24) is 5.32 Å². The molecule has 20 heavy (non-hydrogen) atoms. The molecular weight excluding hydrogens is 262 g/mol. The minimum atomic E-state index is 0.849. The topological polar surface area (TPSA) is 12.0 Å². The minimum absolute atomic E-state index is 0.849. The summed E-state index contributed by atoms with van der Waals surface area (Å²) in [5.74, 6) is 0.999. The maximum Gasteiger partial charge on any atom is 0.0205 e. The zero-order valence-corrected chi connectivity index (χ0v) is 13.8. The Labute approximate surface area is 128 Å². The highest BCUT2D eigenvalue weighted by Gasteiger charge is 2.20. The van der Waals surface area contributed by atoms with Gasteiger partial charge in [-0.25, -0.2) is 0 Å². The van der Waals surface area contributed by atoms with Crippen LogP contribution in [-0.4, -0.2) is 11.8 Å². The first-order chi connectivity index (χ1) is 9.81. The van der Waals surface area contributed by atoms with Gasteiger partial charge in [-0.15, -0.1) is 11.8 Å². The molecule has 1 aromatic carbocycles. The van der Waals surface area contributed by atoms with Crippen LogP contribution in [0.3, 0.4) is 0 Å². The Bertz CT molecular complexity index is 366. The number of hydrogen-bond donors (Lipinski definition) is 1. The highest BCUT2D eigenvalue weighted by Crippen LogP contribution is 2.36. The second kappa shape index (κ2) is 8.74. The monoisotopic (exact) mass is 291 g/mol. The number of hydrogen-bond acceptors (Lipinski definition) is 2. The van der Waals surface area contributed by atoms with E-state index in [9.17, 15) is 0 Å². The van der Waals surface area contributed by atoms with Crippen molar-refractivity contribution >= 4 is 11.8 Å². The van der Waals surface area contributed by atoms with Crippen molar-refractivity contribution in [2.75, 3.05) is 6.54 Å². The zero-order valence-electron chi connectivity index (χ0n) is 13.0. The summed E-state index contributed by atoms with van der Waals surface area (Å²) in [6, 6.07) is 9.17. The van der Waals surface area contributed by atoms with Crippen molar-refractivity contribution in [3.63, 3.8) is 0 Å². The number of nitrogens with one attached hydrogen (secondary N) is 1. The van der Waals surface area contributed by atoms with Gasteiger partial charge in [-0.2, -0.15) is 0 Å². The molecule has 0 amide bonds. The summed E-state index contributed by atoms with van der Waals surface area (Å²) in [7, 11) is 0. The maximum atomic E-state index is 3.46. The number of benzene rings is 1. The second-order valence-corrected chi connectivity index (χ2v) is 7.36. The van der Waals surface area contributed by atoms with E-state index in [0.717, 1.165) is 24.3 Å². The van der Waals surface area contributed by atoms with Crippen LogP contribution in [0, 0.1) is 5.92 Å². The molecule has 0 atom stereocenters. The first kappa shape index (κ1) is 15.9. The van der Waals surface area contributed by atoms with Crippen LogP contribution in [0.1, 0.15) is 57.9 Å². The fourth-order valence-corrected chi connectivity index (χ4v) is 4.13. The molecule has 0 aromatic heterocycles. The van der Waals surface area contributed by atoms with Crippen LogP contribution in [0.2, 0.25) is 0 Å². The van der Waals surface area contributed by atoms with Crippen LogP contribution in [0.25, 0.3) is 0 Å². The van der Waals surface area contributed by atoms with Crippen molar-refractivity contribution in [2.24, 2.45) is 5.92 Å². The summed E-state index contributed by atoms with van der Waals surface area (Å²) in [6.07, 6.45) is 8.26. The predicted octanol–water partition coefficient (Wildman–Crippen LogP) is 5.25. The summed E-state index contributed by atoms with van der Waals surface area (Å²) in [6.45, 7) is 6.65. The van der Waals surface area contributed by atoms with Crippen LogP contribution in [0.4, 0.5) is 0 Å². The molecule has 2 heteroatoms. The van der Waals surface area contributed by atoms with Crippen LogP contribution in [-0.2, 0) is 6.54 Å². The molecule has 0 radical (unpaired) electrons. The standard InChI is InChI=1S/C18H29NS/c1-3-13-19-14-16-7-11-18(12-8-16)20-17-9-5-15(4-2)6-10-17/h7-8,11-12,15,17,19H,3-6,9-10,13-14H2,1-2H3. The van der Waals surface area contributed by atoms with E-state index in [-0.39, 0.29) is 0 Å². The van der Waals surface area contributed by atoms with Gasteiger partial charge < -0.3 is 5.32 Å². The van der Waals surface area contributed by atoms with E-state index < -0.39 is 0 Å². The molecule has 0 aliphatic heterocycles. The first-order valence-electron chi connectivity index (χ1n) is 8.28. The Morgan fingerprint density at radius 3 is 2.35 bits per heavy atom. The normalized spacial score (nSPS) is 22.9. The van der Waals surface area contributed by atoms with Gasteiger partial charge in [0.25, 0.3) is 0 Å². The Morgan fingerprint density at radius 1 is 1.05 bits per heavy atom. The summed E-state index contributed by atoms with van der Waals surface area (Å²) in [4.78, 5) is 1.45. The number of thioether (sulfide) groups is 1. The third-order valence-electron chi connectivity index (χ3n) is 4.35. The quantitative estimate of drug-likeness (QED) is 0.689. The Balaban J connectivity index is 1.76. The zero-order chi connectivity index (χ0) is 14.2. The fourth-order valence-electron chi connectivity index (χ4n) is 2.95.